The second-order valence-electron chi connectivity index (χ2n) is 5.03. The van der Waals surface area contributed by atoms with Crippen LogP contribution in [-0.2, 0) is 13.6 Å². The van der Waals surface area contributed by atoms with Gasteiger partial charge in [0.1, 0.15) is 17.1 Å². The first kappa shape index (κ1) is 14.1. The van der Waals surface area contributed by atoms with E-state index >= 15 is 0 Å². The largest absolute Gasteiger partial charge is 0.444 e. The van der Waals surface area contributed by atoms with Crippen molar-refractivity contribution in [1.82, 2.24) is 24.6 Å². The summed E-state index contributed by atoms with van der Waals surface area (Å²) in [7, 11) is 1.80. The van der Waals surface area contributed by atoms with Gasteiger partial charge in [-0.3, -0.25) is 9.48 Å². The van der Waals surface area contributed by atoms with Crippen LogP contribution in [0.2, 0.25) is 0 Å². The van der Waals surface area contributed by atoms with Crippen molar-refractivity contribution < 1.29 is 9.21 Å². The summed E-state index contributed by atoms with van der Waals surface area (Å²) in [5, 5.41) is 6.97. The zero-order valence-corrected chi connectivity index (χ0v) is 12.7. The minimum absolute atomic E-state index is 0.217. The molecular formula is C15H17N5O2. The molecule has 0 atom stereocenters. The molecule has 114 valence electrons. The molecule has 3 aromatic heterocycles. The Hall–Kier alpha value is -2.83. The minimum atomic E-state index is -0.217. The molecule has 7 heteroatoms. The number of aromatic nitrogens is 4. The highest BCUT2D eigenvalue weighted by Crippen LogP contribution is 2.14. The highest BCUT2D eigenvalue weighted by Gasteiger charge is 2.17. The molecule has 1 N–H and O–H groups in total. The van der Waals surface area contributed by atoms with E-state index in [0.717, 1.165) is 11.5 Å². The molecular weight excluding hydrogens is 282 g/mol. The Balaban J connectivity index is 1.78. The van der Waals surface area contributed by atoms with Gasteiger partial charge in [0.2, 0.25) is 5.89 Å². The second-order valence-corrected chi connectivity index (χ2v) is 5.03. The first-order valence-corrected chi connectivity index (χ1v) is 6.92. The van der Waals surface area contributed by atoms with Crippen LogP contribution < -0.4 is 5.32 Å². The van der Waals surface area contributed by atoms with E-state index in [4.69, 9.17) is 4.42 Å². The number of carbonyl (C=O) groups is 1. The van der Waals surface area contributed by atoms with Crippen molar-refractivity contribution in [3.05, 3.63) is 53.6 Å². The number of oxazole rings is 1. The van der Waals surface area contributed by atoms with Crippen LogP contribution in [-0.4, -0.2) is 25.2 Å². The molecule has 3 rings (SSSR count). The van der Waals surface area contributed by atoms with E-state index in [2.05, 4.69) is 15.4 Å². The molecule has 22 heavy (non-hydrogen) atoms. The number of nitrogens with zero attached hydrogens (tertiary/aromatic N) is 4. The van der Waals surface area contributed by atoms with Gasteiger partial charge < -0.3 is 14.3 Å². The van der Waals surface area contributed by atoms with Crippen LogP contribution in [0.3, 0.4) is 0 Å². The molecule has 0 fully saturated rings. The maximum atomic E-state index is 12.4. The Labute approximate surface area is 127 Å². The van der Waals surface area contributed by atoms with E-state index in [0.29, 0.717) is 17.3 Å². The van der Waals surface area contributed by atoms with E-state index in [1.807, 2.05) is 42.9 Å². The number of hydrogen-bond acceptors (Lipinski definition) is 4. The normalized spacial score (nSPS) is 10.9. The summed E-state index contributed by atoms with van der Waals surface area (Å²) in [5.74, 6) is 1.75. The summed E-state index contributed by atoms with van der Waals surface area (Å²) in [5.41, 5.74) is 1.33. The summed E-state index contributed by atoms with van der Waals surface area (Å²) in [4.78, 5) is 16.6. The van der Waals surface area contributed by atoms with Crippen LogP contribution in [0.4, 0.5) is 0 Å². The molecule has 0 aromatic carbocycles. The van der Waals surface area contributed by atoms with Crippen LogP contribution in [0.15, 0.2) is 35.1 Å². The van der Waals surface area contributed by atoms with Gasteiger partial charge in [-0.25, -0.2) is 4.98 Å². The molecule has 0 unspecified atom stereocenters. The average Bonchev–Trinajstić information content (AvgIpc) is 3.18. The van der Waals surface area contributed by atoms with Crippen LogP contribution in [0, 0.1) is 13.8 Å². The average molecular weight is 299 g/mol. The first-order chi connectivity index (χ1) is 10.6. The Morgan fingerprint density at radius 2 is 2.05 bits per heavy atom. The lowest BCUT2D eigenvalue weighted by Gasteiger charge is -2.07. The molecule has 0 aliphatic heterocycles. The van der Waals surface area contributed by atoms with Crippen molar-refractivity contribution in [3.8, 4) is 5.82 Å². The fourth-order valence-corrected chi connectivity index (χ4v) is 2.24. The van der Waals surface area contributed by atoms with E-state index in [1.54, 1.807) is 17.9 Å². The molecule has 3 heterocycles. The zero-order valence-electron chi connectivity index (χ0n) is 12.7. The number of amides is 1. The molecule has 0 aliphatic rings. The van der Waals surface area contributed by atoms with Crippen LogP contribution >= 0.6 is 0 Å². The van der Waals surface area contributed by atoms with E-state index < -0.39 is 0 Å². The van der Waals surface area contributed by atoms with Crippen molar-refractivity contribution in [3.63, 3.8) is 0 Å². The lowest BCUT2D eigenvalue weighted by Crippen LogP contribution is -2.24. The van der Waals surface area contributed by atoms with Gasteiger partial charge in [-0.05, 0) is 26.0 Å². The standard InChI is InChI=1S/C15H17N5O2/c1-10-11(2)22-13(18-10)9-16-14(21)12-8-17-19(3)15(12)20-6-4-5-7-20/h4-8H,9H2,1-3H3,(H,16,21). The van der Waals surface area contributed by atoms with Crippen molar-refractivity contribution in [1.29, 1.82) is 0 Å². The van der Waals surface area contributed by atoms with Gasteiger partial charge in [-0.1, -0.05) is 0 Å². The van der Waals surface area contributed by atoms with Crippen molar-refractivity contribution >= 4 is 5.91 Å². The SMILES string of the molecule is Cc1nc(CNC(=O)c2cnn(C)c2-n2cccc2)oc1C. The Morgan fingerprint density at radius 3 is 2.68 bits per heavy atom. The predicted molar refractivity (Wildman–Crippen MR) is 79.7 cm³/mol. The number of nitrogens with one attached hydrogen (secondary N) is 1. The summed E-state index contributed by atoms with van der Waals surface area (Å²) < 4.78 is 8.97. The maximum Gasteiger partial charge on any atom is 0.257 e. The summed E-state index contributed by atoms with van der Waals surface area (Å²) in [6, 6.07) is 3.79. The molecule has 0 spiro atoms. The number of carbonyl (C=O) groups excluding carboxylic acids is 1. The van der Waals surface area contributed by atoms with Crippen molar-refractivity contribution in [2.75, 3.05) is 0 Å². The van der Waals surface area contributed by atoms with Crippen LogP contribution in [0.1, 0.15) is 27.7 Å². The second kappa shape index (κ2) is 5.51. The highest BCUT2D eigenvalue weighted by atomic mass is 16.4. The van der Waals surface area contributed by atoms with Gasteiger partial charge in [0.25, 0.3) is 5.91 Å². The van der Waals surface area contributed by atoms with Gasteiger partial charge in [0, 0.05) is 19.4 Å². The Morgan fingerprint density at radius 1 is 1.32 bits per heavy atom. The minimum Gasteiger partial charge on any atom is -0.444 e. The Kier molecular flexibility index (Phi) is 3.54. The molecule has 0 saturated heterocycles. The molecule has 1 amide bonds. The lowest BCUT2D eigenvalue weighted by molar-refractivity contribution is 0.0947. The first-order valence-electron chi connectivity index (χ1n) is 6.92. The third kappa shape index (κ3) is 2.52. The summed E-state index contributed by atoms with van der Waals surface area (Å²) in [6.45, 7) is 3.96. The van der Waals surface area contributed by atoms with Gasteiger partial charge in [-0.2, -0.15) is 5.10 Å². The number of hydrogen-bond donors (Lipinski definition) is 1. The van der Waals surface area contributed by atoms with Crippen LogP contribution in [0.25, 0.3) is 5.82 Å². The number of aryl methyl sites for hydroxylation is 3. The monoisotopic (exact) mass is 299 g/mol. The number of rotatable bonds is 4. The van der Waals surface area contributed by atoms with Gasteiger partial charge in [0.15, 0.2) is 0 Å². The topological polar surface area (TPSA) is 77.9 Å². The maximum absolute atomic E-state index is 12.4. The molecule has 0 radical (unpaired) electrons. The van der Waals surface area contributed by atoms with Crippen LogP contribution in [0.5, 0.6) is 0 Å². The molecule has 0 aliphatic carbocycles. The van der Waals surface area contributed by atoms with E-state index in [1.165, 1.54) is 0 Å². The molecule has 7 nitrogen and oxygen atoms in total. The molecule has 0 saturated carbocycles. The van der Waals surface area contributed by atoms with Gasteiger partial charge in [0.05, 0.1) is 18.4 Å². The fourth-order valence-electron chi connectivity index (χ4n) is 2.24. The van der Waals surface area contributed by atoms with Gasteiger partial charge in [-0.15, -0.1) is 0 Å². The van der Waals surface area contributed by atoms with Crippen molar-refractivity contribution in [2.24, 2.45) is 7.05 Å². The quantitative estimate of drug-likeness (QED) is 0.796. The zero-order chi connectivity index (χ0) is 15.7. The molecule has 0 bridgehead atoms. The van der Waals surface area contributed by atoms with E-state index in [9.17, 15) is 4.79 Å². The van der Waals surface area contributed by atoms with Crippen molar-refractivity contribution in [2.45, 2.75) is 20.4 Å². The van der Waals surface area contributed by atoms with Gasteiger partial charge >= 0.3 is 0 Å². The Bertz CT molecular complexity index is 779. The third-order valence-electron chi connectivity index (χ3n) is 3.47. The molecule has 3 aromatic rings. The third-order valence-corrected chi connectivity index (χ3v) is 3.47. The lowest BCUT2D eigenvalue weighted by atomic mass is 10.3. The summed E-state index contributed by atoms with van der Waals surface area (Å²) >= 11 is 0. The van der Waals surface area contributed by atoms with E-state index in [-0.39, 0.29) is 12.5 Å². The fraction of sp³-hybridized carbons (Fsp3) is 0.267. The highest BCUT2D eigenvalue weighted by molar-refractivity contribution is 5.97. The predicted octanol–water partition coefficient (Wildman–Crippen LogP) is 1.75. The summed E-state index contributed by atoms with van der Waals surface area (Å²) in [6.07, 6.45) is 5.29. The smallest absolute Gasteiger partial charge is 0.257 e.